The molecule has 0 bridgehead atoms. The van der Waals surface area contributed by atoms with Crippen molar-refractivity contribution in [3.05, 3.63) is 81.0 Å². The number of rotatable bonds is 6. The van der Waals surface area contributed by atoms with Gasteiger partial charge in [-0.3, -0.25) is 14.2 Å². The highest BCUT2D eigenvalue weighted by Gasteiger charge is 2.23. The molecule has 0 atom stereocenters. The van der Waals surface area contributed by atoms with Crippen molar-refractivity contribution in [1.29, 1.82) is 0 Å². The summed E-state index contributed by atoms with van der Waals surface area (Å²) in [5, 5.41) is 15.0. The Bertz CT molecular complexity index is 1490. The lowest BCUT2D eigenvalue weighted by Gasteiger charge is -2.13. The number of thiophene rings is 1. The van der Waals surface area contributed by atoms with Crippen molar-refractivity contribution in [1.82, 2.24) is 15.0 Å². The van der Waals surface area contributed by atoms with Gasteiger partial charge in [-0.2, -0.15) is 5.10 Å². The quantitative estimate of drug-likeness (QED) is 0.172. The van der Waals surface area contributed by atoms with E-state index in [-0.39, 0.29) is 23.0 Å². The Morgan fingerprint density at radius 3 is 2.77 bits per heavy atom. The molecule has 178 valence electrons. The molecule has 0 aliphatic heterocycles. The summed E-state index contributed by atoms with van der Waals surface area (Å²) >= 11 is 2.81. The van der Waals surface area contributed by atoms with Crippen molar-refractivity contribution < 1.29 is 9.90 Å². The summed E-state index contributed by atoms with van der Waals surface area (Å²) < 4.78 is 1.61. The summed E-state index contributed by atoms with van der Waals surface area (Å²) in [5.74, 6) is -0.129. The Kier molecular flexibility index (Phi) is 6.70. The van der Waals surface area contributed by atoms with E-state index in [1.807, 2.05) is 30.3 Å². The highest BCUT2D eigenvalue weighted by Crippen LogP contribution is 2.35. The third-order valence-corrected chi connectivity index (χ3v) is 8.04. The molecule has 2 aromatic heterocycles. The number of nitrogens with one attached hydrogen (secondary N) is 1. The molecule has 4 aromatic rings. The summed E-state index contributed by atoms with van der Waals surface area (Å²) in [7, 11) is 0. The number of aryl methyl sites for hydroxylation is 2. The largest absolute Gasteiger partial charge is 0.508 e. The maximum Gasteiger partial charge on any atom is 0.267 e. The van der Waals surface area contributed by atoms with Crippen LogP contribution in [0.3, 0.4) is 0 Å². The number of phenolic OH excluding ortho intramolecular Hbond substituents is 1. The van der Waals surface area contributed by atoms with Gasteiger partial charge in [0.2, 0.25) is 0 Å². The third kappa shape index (κ3) is 4.87. The third-order valence-electron chi connectivity index (χ3n) is 5.92. The number of hydrogen-bond donors (Lipinski definition) is 2. The number of carbonyl (C=O) groups is 1. The van der Waals surface area contributed by atoms with Crippen molar-refractivity contribution in [3.63, 3.8) is 0 Å². The van der Waals surface area contributed by atoms with Crippen LogP contribution in [0.4, 0.5) is 0 Å². The highest BCUT2D eigenvalue weighted by molar-refractivity contribution is 7.99. The van der Waals surface area contributed by atoms with Crippen LogP contribution in [-0.4, -0.2) is 32.0 Å². The van der Waals surface area contributed by atoms with Gasteiger partial charge in [0.05, 0.1) is 22.5 Å². The Morgan fingerprint density at radius 2 is 1.97 bits per heavy atom. The van der Waals surface area contributed by atoms with Crippen LogP contribution >= 0.6 is 23.1 Å². The van der Waals surface area contributed by atoms with E-state index >= 15 is 0 Å². The smallest absolute Gasteiger partial charge is 0.267 e. The summed E-state index contributed by atoms with van der Waals surface area (Å²) in [5.41, 5.74) is 5.63. The summed E-state index contributed by atoms with van der Waals surface area (Å²) in [4.78, 5) is 33.1. The number of phenols is 1. The lowest BCUT2D eigenvalue weighted by molar-refractivity contribution is -0.118. The molecule has 2 heterocycles. The van der Waals surface area contributed by atoms with Crippen LogP contribution in [0.5, 0.6) is 5.75 Å². The fourth-order valence-electron chi connectivity index (χ4n) is 4.19. The lowest BCUT2D eigenvalue weighted by Crippen LogP contribution is -2.24. The van der Waals surface area contributed by atoms with Gasteiger partial charge in [-0.1, -0.05) is 42.1 Å². The number of aromatic hydroxyl groups is 1. The summed E-state index contributed by atoms with van der Waals surface area (Å²) in [6.07, 6.45) is 4.12. The monoisotopic (exact) mass is 504 g/mol. The van der Waals surface area contributed by atoms with Crippen molar-refractivity contribution in [2.75, 3.05) is 5.75 Å². The number of benzene rings is 2. The number of amides is 1. The van der Waals surface area contributed by atoms with E-state index < -0.39 is 0 Å². The second kappa shape index (κ2) is 10.1. The van der Waals surface area contributed by atoms with Crippen LogP contribution < -0.4 is 11.0 Å². The lowest BCUT2D eigenvalue weighted by atomic mass is 9.97. The van der Waals surface area contributed by atoms with Crippen molar-refractivity contribution >= 4 is 44.9 Å². The van der Waals surface area contributed by atoms with Gasteiger partial charge < -0.3 is 5.11 Å². The van der Waals surface area contributed by atoms with Crippen molar-refractivity contribution in [2.45, 2.75) is 37.8 Å². The van der Waals surface area contributed by atoms with E-state index in [1.54, 1.807) is 47.1 Å². The molecule has 7 nitrogen and oxygen atoms in total. The Hall–Kier alpha value is -3.43. The fraction of sp³-hybridized carbons (Fsp3) is 0.231. The predicted octanol–water partition coefficient (Wildman–Crippen LogP) is 4.66. The van der Waals surface area contributed by atoms with E-state index in [0.29, 0.717) is 21.8 Å². The minimum Gasteiger partial charge on any atom is -0.508 e. The molecular formula is C26H24N4O3S2. The molecular weight excluding hydrogens is 480 g/mol. The Labute approximate surface area is 210 Å². The molecule has 9 heteroatoms. The highest BCUT2D eigenvalue weighted by atomic mass is 32.2. The molecule has 1 aliphatic carbocycles. The SMILES string of the molecule is CC(=NNC(=O)CSc1nc2sc3c(c2c(=O)n1-c1ccccc1)CCCC3)c1cccc(O)c1. The Morgan fingerprint density at radius 1 is 1.17 bits per heavy atom. The molecule has 0 saturated carbocycles. The second-order valence-electron chi connectivity index (χ2n) is 8.33. The zero-order valence-electron chi connectivity index (χ0n) is 19.2. The molecule has 1 amide bonds. The predicted molar refractivity (Wildman–Crippen MR) is 141 cm³/mol. The van der Waals surface area contributed by atoms with Crippen LogP contribution in [0.1, 0.15) is 35.8 Å². The first-order valence-corrected chi connectivity index (χ1v) is 13.2. The molecule has 0 radical (unpaired) electrons. The first kappa shape index (κ1) is 23.3. The van der Waals surface area contributed by atoms with Gasteiger partial charge in [0.25, 0.3) is 11.5 Å². The molecule has 35 heavy (non-hydrogen) atoms. The minimum absolute atomic E-state index is 0.0483. The van der Waals surface area contributed by atoms with E-state index in [0.717, 1.165) is 41.8 Å². The molecule has 0 saturated heterocycles. The van der Waals surface area contributed by atoms with Crippen molar-refractivity contribution in [2.24, 2.45) is 5.10 Å². The molecule has 1 aliphatic rings. The van der Waals surface area contributed by atoms with E-state index in [2.05, 4.69) is 10.5 Å². The molecule has 0 unspecified atom stereocenters. The number of aromatic nitrogens is 2. The minimum atomic E-state index is -0.311. The maximum absolute atomic E-state index is 13.7. The number of carbonyl (C=O) groups excluding carboxylic acids is 1. The first-order chi connectivity index (χ1) is 17.0. The average molecular weight is 505 g/mol. The van der Waals surface area contributed by atoms with Crippen LogP contribution in [0.2, 0.25) is 0 Å². The van der Waals surface area contributed by atoms with Gasteiger partial charge in [0.1, 0.15) is 10.6 Å². The molecule has 5 rings (SSSR count). The number of hydrazone groups is 1. The van der Waals surface area contributed by atoms with Gasteiger partial charge in [-0.15, -0.1) is 11.3 Å². The van der Waals surface area contributed by atoms with Crippen LogP contribution in [0.25, 0.3) is 15.9 Å². The molecule has 2 aromatic carbocycles. The van der Waals surface area contributed by atoms with Gasteiger partial charge >= 0.3 is 0 Å². The zero-order chi connectivity index (χ0) is 24.4. The van der Waals surface area contributed by atoms with Crippen LogP contribution in [0.15, 0.2) is 69.6 Å². The summed E-state index contributed by atoms with van der Waals surface area (Å²) in [6.45, 7) is 1.75. The number of para-hydroxylation sites is 1. The number of thioether (sulfide) groups is 1. The topological polar surface area (TPSA) is 96.6 Å². The fourth-order valence-corrected chi connectivity index (χ4v) is 6.30. The normalized spacial score (nSPS) is 13.6. The average Bonchev–Trinajstić information content (AvgIpc) is 3.25. The number of nitrogens with zero attached hydrogens (tertiary/aromatic N) is 3. The second-order valence-corrected chi connectivity index (χ2v) is 10.4. The van der Waals surface area contributed by atoms with E-state index in [9.17, 15) is 14.7 Å². The maximum atomic E-state index is 13.7. The van der Waals surface area contributed by atoms with Crippen molar-refractivity contribution in [3.8, 4) is 11.4 Å². The van der Waals surface area contributed by atoms with E-state index in [4.69, 9.17) is 4.98 Å². The van der Waals surface area contributed by atoms with Gasteiger partial charge in [0.15, 0.2) is 5.16 Å². The standard InChI is InChI=1S/C26H24N4O3S2/c1-16(17-8-7-11-19(31)14-17)28-29-22(32)15-34-26-27-24-23(20-12-5-6-13-21(20)35-24)25(33)30(26)18-9-3-2-4-10-18/h2-4,7-11,14,31H,5-6,12-13,15H2,1H3,(H,29,32). The Balaban J connectivity index is 1.43. The van der Waals surface area contributed by atoms with Gasteiger partial charge in [-0.25, -0.2) is 10.4 Å². The van der Waals surface area contributed by atoms with Gasteiger partial charge in [-0.05, 0) is 62.4 Å². The van der Waals surface area contributed by atoms with Crippen LogP contribution in [-0.2, 0) is 17.6 Å². The number of fused-ring (bicyclic) bond motifs is 3. The van der Waals surface area contributed by atoms with Gasteiger partial charge in [0, 0.05) is 10.4 Å². The van der Waals surface area contributed by atoms with Crippen LogP contribution in [0, 0.1) is 0 Å². The molecule has 0 fully saturated rings. The molecule has 0 spiro atoms. The first-order valence-electron chi connectivity index (χ1n) is 11.4. The van der Waals surface area contributed by atoms with E-state index in [1.165, 1.54) is 16.6 Å². The number of hydrogen-bond acceptors (Lipinski definition) is 7. The zero-order valence-corrected chi connectivity index (χ0v) is 20.8. The summed E-state index contributed by atoms with van der Waals surface area (Å²) in [6, 6.07) is 16.1. The molecule has 2 N–H and O–H groups in total.